The third kappa shape index (κ3) is 2.68. The van der Waals surface area contributed by atoms with Gasteiger partial charge < -0.3 is 19.7 Å². The van der Waals surface area contributed by atoms with Gasteiger partial charge in [-0.25, -0.2) is 9.59 Å². The molecule has 6 nitrogen and oxygen atoms in total. The van der Waals surface area contributed by atoms with E-state index in [0.29, 0.717) is 12.2 Å². The lowest BCUT2D eigenvalue weighted by Crippen LogP contribution is -2.51. The van der Waals surface area contributed by atoms with Gasteiger partial charge >= 0.3 is 17.5 Å². The first-order valence-corrected chi connectivity index (χ1v) is 6.24. The number of carbonyl (C=O) groups is 2. The second kappa shape index (κ2) is 6.27. The minimum absolute atomic E-state index is 0.110. The number of carboxylic acid groups (broad SMARTS) is 2. The van der Waals surface area contributed by atoms with Crippen molar-refractivity contribution in [3.8, 4) is 11.5 Å². The molecule has 0 aliphatic rings. The van der Waals surface area contributed by atoms with E-state index in [1.807, 2.05) is 6.92 Å². The Bertz CT molecular complexity index is 494. The third-order valence-corrected chi connectivity index (χ3v) is 3.12. The van der Waals surface area contributed by atoms with Crippen LogP contribution in [0.4, 0.5) is 0 Å². The molecule has 1 aromatic carbocycles. The van der Waals surface area contributed by atoms with Gasteiger partial charge in [0, 0.05) is 6.42 Å². The predicted molar refractivity (Wildman–Crippen MR) is 71.3 cm³/mol. The number of para-hydroxylation sites is 1. The van der Waals surface area contributed by atoms with Crippen molar-refractivity contribution in [2.24, 2.45) is 0 Å². The molecule has 0 saturated heterocycles. The zero-order valence-electron chi connectivity index (χ0n) is 11.7. The molecule has 1 aromatic rings. The van der Waals surface area contributed by atoms with E-state index < -0.39 is 17.5 Å². The van der Waals surface area contributed by atoms with Gasteiger partial charge in [-0.1, -0.05) is 26.0 Å². The van der Waals surface area contributed by atoms with Crippen LogP contribution in [0.3, 0.4) is 0 Å². The Labute approximate surface area is 116 Å². The quantitative estimate of drug-likeness (QED) is 0.742. The van der Waals surface area contributed by atoms with Gasteiger partial charge in [-0.15, -0.1) is 0 Å². The minimum Gasteiger partial charge on any atom is -0.493 e. The van der Waals surface area contributed by atoms with Crippen molar-refractivity contribution in [2.45, 2.75) is 32.3 Å². The Morgan fingerprint density at radius 1 is 1.20 bits per heavy atom. The zero-order chi connectivity index (χ0) is 15.3. The summed E-state index contributed by atoms with van der Waals surface area (Å²) in [4.78, 5) is 22.6. The van der Waals surface area contributed by atoms with Gasteiger partial charge in [0.05, 0.1) is 7.11 Å². The smallest absolute Gasteiger partial charge is 0.360 e. The summed E-state index contributed by atoms with van der Waals surface area (Å²) in [6, 6.07) is 4.97. The van der Waals surface area contributed by atoms with Crippen molar-refractivity contribution in [1.29, 1.82) is 0 Å². The summed E-state index contributed by atoms with van der Waals surface area (Å²) < 4.78 is 10.5. The lowest BCUT2D eigenvalue weighted by molar-refractivity contribution is -0.172. The lowest BCUT2D eigenvalue weighted by atomic mass is 10.0. The van der Waals surface area contributed by atoms with Crippen LogP contribution >= 0.6 is 0 Å². The largest absolute Gasteiger partial charge is 0.493 e. The van der Waals surface area contributed by atoms with Crippen LogP contribution in [0.5, 0.6) is 11.5 Å². The molecule has 0 radical (unpaired) electrons. The van der Waals surface area contributed by atoms with Gasteiger partial charge in [-0.3, -0.25) is 0 Å². The van der Waals surface area contributed by atoms with Crippen LogP contribution < -0.4 is 9.47 Å². The molecule has 0 aliphatic carbocycles. The summed E-state index contributed by atoms with van der Waals surface area (Å²) in [6.45, 7) is 3.35. The standard InChI is InChI=1S/C14H18O6/c1-4-9-7-6-8-10(11(9)19-3)20-14(5-2,12(15)16)13(17)18/h6-8H,4-5H2,1-3H3,(H,15,16)(H,17,18). The van der Waals surface area contributed by atoms with E-state index in [2.05, 4.69) is 0 Å². The van der Waals surface area contributed by atoms with E-state index in [-0.39, 0.29) is 12.2 Å². The van der Waals surface area contributed by atoms with Gasteiger partial charge in [0.25, 0.3) is 0 Å². The predicted octanol–water partition coefficient (Wildman–Crippen LogP) is 1.95. The second-order valence-corrected chi connectivity index (χ2v) is 4.20. The summed E-state index contributed by atoms with van der Waals surface area (Å²) in [7, 11) is 1.43. The Hall–Kier alpha value is -2.24. The lowest BCUT2D eigenvalue weighted by Gasteiger charge is -2.26. The number of carboxylic acids is 2. The molecular formula is C14H18O6. The van der Waals surface area contributed by atoms with Gasteiger partial charge in [0.2, 0.25) is 0 Å². The number of methoxy groups -OCH3 is 1. The van der Waals surface area contributed by atoms with Gasteiger partial charge in [0.1, 0.15) is 0 Å². The second-order valence-electron chi connectivity index (χ2n) is 4.20. The van der Waals surface area contributed by atoms with Crippen LogP contribution in [0.25, 0.3) is 0 Å². The zero-order valence-corrected chi connectivity index (χ0v) is 11.7. The van der Waals surface area contributed by atoms with Crippen molar-refractivity contribution < 1.29 is 29.3 Å². The van der Waals surface area contributed by atoms with E-state index >= 15 is 0 Å². The van der Waals surface area contributed by atoms with Crippen LogP contribution in [-0.2, 0) is 16.0 Å². The molecule has 2 N–H and O–H groups in total. The maximum atomic E-state index is 11.3. The average Bonchev–Trinajstić information content (AvgIpc) is 2.43. The van der Waals surface area contributed by atoms with E-state index in [0.717, 1.165) is 5.56 Å². The molecule has 110 valence electrons. The highest BCUT2D eigenvalue weighted by atomic mass is 16.6. The molecule has 20 heavy (non-hydrogen) atoms. The van der Waals surface area contributed by atoms with Crippen molar-refractivity contribution in [2.75, 3.05) is 7.11 Å². The van der Waals surface area contributed by atoms with Crippen molar-refractivity contribution >= 4 is 11.9 Å². The van der Waals surface area contributed by atoms with E-state index in [1.54, 1.807) is 12.1 Å². The summed E-state index contributed by atoms with van der Waals surface area (Å²) in [6.07, 6.45) is 0.441. The molecule has 0 unspecified atom stereocenters. The third-order valence-electron chi connectivity index (χ3n) is 3.12. The Morgan fingerprint density at radius 2 is 1.80 bits per heavy atom. The minimum atomic E-state index is -2.32. The average molecular weight is 282 g/mol. The number of hydrogen-bond donors (Lipinski definition) is 2. The molecule has 0 aliphatic heterocycles. The molecule has 0 saturated carbocycles. The van der Waals surface area contributed by atoms with Crippen LogP contribution in [0.1, 0.15) is 25.8 Å². The van der Waals surface area contributed by atoms with Crippen LogP contribution in [0.2, 0.25) is 0 Å². The fourth-order valence-corrected chi connectivity index (χ4v) is 1.89. The molecule has 0 heterocycles. The maximum absolute atomic E-state index is 11.3. The highest BCUT2D eigenvalue weighted by molar-refractivity contribution is 6.02. The summed E-state index contributed by atoms with van der Waals surface area (Å²) >= 11 is 0. The molecule has 0 spiro atoms. The van der Waals surface area contributed by atoms with E-state index in [1.165, 1.54) is 20.1 Å². The maximum Gasteiger partial charge on any atom is 0.360 e. The van der Waals surface area contributed by atoms with Crippen molar-refractivity contribution in [3.05, 3.63) is 23.8 Å². The highest BCUT2D eigenvalue weighted by Gasteiger charge is 2.48. The summed E-state index contributed by atoms with van der Waals surface area (Å²) in [5.74, 6) is -2.62. The molecule has 0 fully saturated rings. The number of hydrogen-bond acceptors (Lipinski definition) is 4. The van der Waals surface area contributed by atoms with Gasteiger partial charge in [-0.2, -0.15) is 0 Å². The molecule has 0 amide bonds. The first-order chi connectivity index (χ1) is 9.42. The van der Waals surface area contributed by atoms with E-state index in [9.17, 15) is 19.8 Å². The summed E-state index contributed by atoms with van der Waals surface area (Å²) in [5, 5.41) is 18.4. The first-order valence-electron chi connectivity index (χ1n) is 6.24. The van der Waals surface area contributed by atoms with Gasteiger partial charge in [0.15, 0.2) is 11.5 Å². The molecule has 1 rings (SSSR count). The Morgan fingerprint density at radius 3 is 2.20 bits per heavy atom. The highest BCUT2D eigenvalue weighted by Crippen LogP contribution is 2.35. The fourth-order valence-electron chi connectivity index (χ4n) is 1.89. The Balaban J connectivity index is 3.32. The SMILES string of the molecule is CCc1cccc(OC(CC)(C(=O)O)C(=O)O)c1OC. The Kier molecular flexibility index (Phi) is 4.96. The van der Waals surface area contributed by atoms with Gasteiger partial charge in [-0.05, 0) is 18.1 Å². The number of benzene rings is 1. The summed E-state index contributed by atoms with van der Waals surface area (Å²) in [5.41, 5.74) is -1.51. The normalized spacial score (nSPS) is 10.9. The topological polar surface area (TPSA) is 93.1 Å². The number of aryl methyl sites for hydroxylation is 1. The monoisotopic (exact) mass is 282 g/mol. The first kappa shape index (κ1) is 15.8. The van der Waals surface area contributed by atoms with Crippen LogP contribution in [-0.4, -0.2) is 34.9 Å². The number of ether oxygens (including phenoxy) is 2. The van der Waals surface area contributed by atoms with Crippen LogP contribution in [0, 0.1) is 0 Å². The molecule has 0 bridgehead atoms. The molecule has 0 aromatic heterocycles. The number of aliphatic carboxylic acids is 2. The molecule has 0 atom stereocenters. The van der Waals surface area contributed by atoms with E-state index in [4.69, 9.17) is 9.47 Å². The van der Waals surface area contributed by atoms with Crippen molar-refractivity contribution in [1.82, 2.24) is 0 Å². The molecular weight excluding hydrogens is 264 g/mol. The van der Waals surface area contributed by atoms with Crippen molar-refractivity contribution in [3.63, 3.8) is 0 Å². The molecule has 6 heteroatoms. The van der Waals surface area contributed by atoms with Crippen LogP contribution in [0.15, 0.2) is 18.2 Å². The fraction of sp³-hybridized carbons (Fsp3) is 0.429. The number of rotatable bonds is 7.